The second-order valence-corrected chi connectivity index (χ2v) is 4.58. The normalized spacial score (nSPS) is 11.1. The molecule has 0 heterocycles. The van der Waals surface area contributed by atoms with Crippen LogP contribution in [0.2, 0.25) is 5.02 Å². The maximum Gasteiger partial charge on any atom is 0.244 e. The lowest BCUT2D eigenvalue weighted by Gasteiger charge is -2.25. The molecule has 1 aromatic carbocycles. The number of halogens is 1. The van der Waals surface area contributed by atoms with Crippen LogP contribution >= 0.6 is 11.6 Å². The van der Waals surface area contributed by atoms with Gasteiger partial charge in [-0.1, -0.05) is 17.7 Å². The number of methoxy groups -OCH3 is 1. The van der Waals surface area contributed by atoms with Gasteiger partial charge in [-0.25, -0.2) is 5.43 Å². The number of hydrogen-bond acceptors (Lipinski definition) is 3. The van der Waals surface area contributed by atoms with Gasteiger partial charge < -0.3 is 4.74 Å². The topological polar surface area (TPSA) is 50.4 Å². The van der Waals surface area contributed by atoms with E-state index in [-0.39, 0.29) is 5.91 Å². The van der Waals surface area contributed by atoms with Crippen LogP contribution in [0, 0.1) is 0 Å². The number of carbonyl (C=O) groups is 1. The molecule has 0 aliphatic carbocycles. The summed E-state index contributed by atoms with van der Waals surface area (Å²) in [4.78, 5) is 11.9. The Morgan fingerprint density at radius 2 is 2.06 bits per heavy atom. The van der Waals surface area contributed by atoms with Crippen molar-refractivity contribution < 1.29 is 9.53 Å². The van der Waals surface area contributed by atoms with E-state index in [9.17, 15) is 4.79 Å². The quantitative estimate of drug-likeness (QED) is 0.809. The second kappa shape index (κ2) is 5.38. The van der Waals surface area contributed by atoms with E-state index in [0.29, 0.717) is 10.8 Å². The van der Waals surface area contributed by atoms with Crippen LogP contribution < -0.4 is 15.6 Å². The van der Waals surface area contributed by atoms with Crippen molar-refractivity contribution in [3.05, 3.63) is 28.8 Å². The molecule has 0 atom stereocenters. The van der Waals surface area contributed by atoms with E-state index in [2.05, 4.69) is 10.9 Å². The third-order valence-corrected chi connectivity index (χ3v) is 2.97. The highest BCUT2D eigenvalue weighted by molar-refractivity contribution is 6.32. The van der Waals surface area contributed by atoms with Crippen molar-refractivity contribution in [2.45, 2.75) is 19.3 Å². The van der Waals surface area contributed by atoms with Crippen LogP contribution in [-0.2, 0) is 10.2 Å². The number of benzene rings is 1. The van der Waals surface area contributed by atoms with Crippen molar-refractivity contribution in [3.63, 3.8) is 0 Å². The first-order valence-corrected chi connectivity index (χ1v) is 5.62. The fourth-order valence-electron chi connectivity index (χ4n) is 1.52. The maximum absolute atomic E-state index is 11.9. The van der Waals surface area contributed by atoms with Crippen molar-refractivity contribution in [2.24, 2.45) is 0 Å². The van der Waals surface area contributed by atoms with Gasteiger partial charge in [-0.05, 0) is 31.5 Å². The number of hydrazine groups is 1. The summed E-state index contributed by atoms with van der Waals surface area (Å²) in [6.45, 7) is 3.63. The fraction of sp³-hybridized carbons (Fsp3) is 0.417. The predicted octanol–water partition coefficient (Wildman–Crippen LogP) is 1.88. The molecule has 5 heteroatoms. The smallest absolute Gasteiger partial charge is 0.244 e. The Hall–Kier alpha value is -1.26. The first-order valence-electron chi connectivity index (χ1n) is 5.24. The molecular formula is C12H17ClN2O2. The van der Waals surface area contributed by atoms with Gasteiger partial charge >= 0.3 is 0 Å². The minimum absolute atomic E-state index is 0.146. The average molecular weight is 257 g/mol. The molecule has 1 rings (SSSR count). The highest BCUT2D eigenvalue weighted by atomic mass is 35.5. The van der Waals surface area contributed by atoms with Gasteiger partial charge in [0, 0.05) is 12.1 Å². The maximum atomic E-state index is 11.9. The van der Waals surface area contributed by atoms with Gasteiger partial charge in [-0.2, -0.15) is 0 Å². The van der Waals surface area contributed by atoms with Gasteiger partial charge in [0.05, 0.1) is 12.5 Å². The molecule has 94 valence electrons. The molecule has 0 unspecified atom stereocenters. The molecule has 17 heavy (non-hydrogen) atoms. The predicted molar refractivity (Wildman–Crippen MR) is 68.2 cm³/mol. The summed E-state index contributed by atoms with van der Waals surface area (Å²) >= 11 is 6.16. The van der Waals surface area contributed by atoms with Crippen LogP contribution in [-0.4, -0.2) is 20.1 Å². The zero-order valence-electron chi connectivity index (χ0n) is 10.4. The molecule has 0 bridgehead atoms. The summed E-state index contributed by atoms with van der Waals surface area (Å²) in [6, 6.07) is 5.29. The standard InChI is InChI=1S/C12H17ClN2O2/c1-12(2,11(16)15-14-3)9-6-5-8(17-4)7-10(9)13/h5-7,14H,1-4H3,(H,15,16). The number of rotatable bonds is 4. The summed E-state index contributed by atoms with van der Waals surface area (Å²) in [5.41, 5.74) is 5.22. The van der Waals surface area contributed by atoms with Crippen molar-refractivity contribution in [1.29, 1.82) is 0 Å². The van der Waals surface area contributed by atoms with E-state index >= 15 is 0 Å². The average Bonchev–Trinajstić information content (AvgIpc) is 2.28. The van der Waals surface area contributed by atoms with Crippen LogP contribution in [0.3, 0.4) is 0 Å². The van der Waals surface area contributed by atoms with Crippen molar-refractivity contribution in [2.75, 3.05) is 14.2 Å². The SMILES string of the molecule is CNNC(=O)C(C)(C)c1ccc(OC)cc1Cl. The molecule has 4 nitrogen and oxygen atoms in total. The van der Waals surface area contributed by atoms with Gasteiger partial charge in [0.15, 0.2) is 0 Å². The Kier molecular flexibility index (Phi) is 4.37. The van der Waals surface area contributed by atoms with E-state index in [1.54, 1.807) is 32.4 Å². The van der Waals surface area contributed by atoms with Gasteiger partial charge in [0.2, 0.25) is 5.91 Å². The highest BCUT2D eigenvalue weighted by Crippen LogP contribution is 2.32. The number of carbonyl (C=O) groups excluding carboxylic acids is 1. The van der Waals surface area contributed by atoms with Crippen molar-refractivity contribution >= 4 is 17.5 Å². The van der Waals surface area contributed by atoms with Crippen molar-refractivity contribution in [1.82, 2.24) is 10.9 Å². The van der Waals surface area contributed by atoms with Crippen LogP contribution in [0.5, 0.6) is 5.75 Å². The zero-order valence-corrected chi connectivity index (χ0v) is 11.2. The molecule has 2 N–H and O–H groups in total. The van der Waals surface area contributed by atoms with Crippen molar-refractivity contribution in [3.8, 4) is 5.75 Å². The highest BCUT2D eigenvalue weighted by Gasteiger charge is 2.31. The first-order chi connectivity index (χ1) is 7.93. The molecule has 1 aromatic rings. The summed E-state index contributed by atoms with van der Waals surface area (Å²) in [7, 11) is 3.22. The number of nitrogens with one attached hydrogen (secondary N) is 2. The first kappa shape index (κ1) is 13.8. The Morgan fingerprint density at radius 3 is 2.53 bits per heavy atom. The molecule has 0 aliphatic rings. The lowest BCUT2D eigenvalue weighted by atomic mass is 9.84. The lowest BCUT2D eigenvalue weighted by Crippen LogP contribution is -2.45. The van der Waals surface area contributed by atoms with E-state index in [0.717, 1.165) is 5.56 Å². The molecule has 0 spiro atoms. The van der Waals surface area contributed by atoms with E-state index in [4.69, 9.17) is 16.3 Å². The van der Waals surface area contributed by atoms with Crippen LogP contribution in [0.25, 0.3) is 0 Å². The summed E-state index contributed by atoms with van der Waals surface area (Å²) in [6.07, 6.45) is 0. The molecule has 0 radical (unpaired) electrons. The monoisotopic (exact) mass is 256 g/mol. The van der Waals surface area contributed by atoms with Crippen LogP contribution in [0.1, 0.15) is 19.4 Å². The minimum atomic E-state index is -0.716. The zero-order chi connectivity index (χ0) is 13.1. The second-order valence-electron chi connectivity index (χ2n) is 4.17. The van der Waals surface area contributed by atoms with Gasteiger partial charge in [0.1, 0.15) is 5.75 Å². The summed E-state index contributed by atoms with van der Waals surface area (Å²) < 4.78 is 5.07. The molecule has 0 aromatic heterocycles. The third kappa shape index (κ3) is 2.90. The third-order valence-electron chi connectivity index (χ3n) is 2.66. The Bertz CT molecular complexity index is 419. The van der Waals surface area contributed by atoms with E-state index in [1.165, 1.54) is 0 Å². The molecule has 0 aliphatic heterocycles. The van der Waals surface area contributed by atoms with Gasteiger partial charge in [-0.3, -0.25) is 10.2 Å². The Morgan fingerprint density at radius 1 is 1.41 bits per heavy atom. The molecule has 0 saturated heterocycles. The molecular weight excluding hydrogens is 240 g/mol. The van der Waals surface area contributed by atoms with Gasteiger partial charge in [0.25, 0.3) is 0 Å². The summed E-state index contributed by atoms with van der Waals surface area (Å²) in [5.74, 6) is 0.524. The van der Waals surface area contributed by atoms with E-state index < -0.39 is 5.41 Å². The number of amides is 1. The molecule has 0 fully saturated rings. The van der Waals surface area contributed by atoms with E-state index in [1.807, 2.05) is 13.8 Å². The number of hydrogen-bond donors (Lipinski definition) is 2. The largest absolute Gasteiger partial charge is 0.497 e. The van der Waals surface area contributed by atoms with Gasteiger partial charge in [-0.15, -0.1) is 0 Å². The Labute approximate surface area is 106 Å². The summed E-state index contributed by atoms with van der Waals surface area (Å²) in [5, 5.41) is 0.514. The number of ether oxygens (including phenoxy) is 1. The lowest BCUT2D eigenvalue weighted by molar-refractivity contribution is -0.126. The molecule has 0 saturated carbocycles. The Balaban J connectivity index is 3.10. The van der Waals surface area contributed by atoms with Crippen LogP contribution in [0.15, 0.2) is 18.2 Å². The molecule has 1 amide bonds. The van der Waals surface area contributed by atoms with Crippen LogP contribution in [0.4, 0.5) is 0 Å². The minimum Gasteiger partial charge on any atom is -0.497 e. The fourth-order valence-corrected chi connectivity index (χ4v) is 1.93.